The number of nitrogens with one attached hydrogen (secondary N) is 2. The molecule has 0 fully saturated rings. The van der Waals surface area contributed by atoms with Crippen molar-refractivity contribution < 1.29 is 34.1 Å². The summed E-state index contributed by atoms with van der Waals surface area (Å²) >= 11 is 0. The molecular weight excluding hydrogens is 717 g/mol. The monoisotopic (exact) mass is 809 g/mol. The fourth-order valence-corrected chi connectivity index (χ4v) is 7.60. The zero-order valence-electron chi connectivity index (χ0n) is 37.4. The van der Waals surface area contributed by atoms with Gasteiger partial charge in [-0.05, 0) is 38.5 Å². The maximum absolute atomic E-state index is 12.8. The van der Waals surface area contributed by atoms with Crippen LogP contribution in [0.4, 0.5) is 0 Å². The summed E-state index contributed by atoms with van der Waals surface area (Å²) in [5, 5.41) is 22.5. The Morgan fingerprint density at radius 2 is 0.789 bits per heavy atom. The van der Waals surface area contributed by atoms with Crippen LogP contribution in [0.3, 0.4) is 0 Å². The van der Waals surface area contributed by atoms with Crippen LogP contribution in [0.5, 0.6) is 0 Å². The molecule has 0 saturated carbocycles. The lowest BCUT2D eigenvalue weighted by atomic mass is 10.0. The Hall–Kier alpha value is -2.16. The van der Waals surface area contributed by atoms with E-state index in [0.29, 0.717) is 19.3 Å². The Morgan fingerprint density at radius 1 is 0.456 bits per heavy atom. The molecule has 0 aromatic heterocycles. The summed E-state index contributed by atoms with van der Waals surface area (Å²) in [5.41, 5.74) is 0. The fraction of sp³-hybridized carbons (Fsp3) is 0.917. The zero-order chi connectivity index (χ0) is 41.9. The molecule has 0 heterocycles. The minimum Gasteiger partial charge on any atom is -0.480 e. The van der Waals surface area contributed by atoms with Gasteiger partial charge in [-0.2, -0.15) is 0 Å². The van der Waals surface area contributed by atoms with E-state index in [0.717, 1.165) is 57.8 Å². The number of rotatable bonds is 45. The van der Waals surface area contributed by atoms with E-state index >= 15 is 0 Å². The second-order valence-electron chi connectivity index (χ2n) is 16.9. The standard InChI is InChI=1S/C48H92N2O7/c1-3-5-7-9-11-12-13-14-15-16-17-18-19-20-21-22-23-24-25-26-27-32-36-40-47(54)57-43(37-33-29-10-8-6-4-2)38-34-30-28-31-35-39-45(52)49-41-46(53)50-44(42-51)48(55)56/h43-44,51H,3-42H2,1-2H3,(H,49,52)(H,50,53)(H,55,56). The third kappa shape index (κ3) is 40.4. The summed E-state index contributed by atoms with van der Waals surface area (Å²) in [5.74, 6) is -2.27. The Bertz CT molecular complexity index is 930. The van der Waals surface area contributed by atoms with Crippen molar-refractivity contribution in [3.8, 4) is 0 Å². The normalized spacial score (nSPS) is 12.3. The Labute approximate surface area is 350 Å². The van der Waals surface area contributed by atoms with Crippen molar-refractivity contribution in [2.45, 2.75) is 270 Å². The average molecular weight is 809 g/mol. The molecule has 9 heteroatoms. The molecule has 9 nitrogen and oxygen atoms in total. The van der Waals surface area contributed by atoms with Crippen LogP contribution in [0.1, 0.15) is 258 Å². The lowest BCUT2D eigenvalue weighted by Crippen LogP contribution is -2.47. The van der Waals surface area contributed by atoms with Crippen LogP contribution in [-0.4, -0.2) is 59.3 Å². The van der Waals surface area contributed by atoms with Gasteiger partial charge in [0.15, 0.2) is 0 Å². The fourth-order valence-electron chi connectivity index (χ4n) is 7.60. The molecule has 0 aliphatic heterocycles. The first kappa shape index (κ1) is 54.8. The summed E-state index contributed by atoms with van der Waals surface area (Å²) in [4.78, 5) is 47.5. The summed E-state index contributed by atoms with van der Waals surface area (Å²) in [6.07, 6.45) is 45.9. The number of carbonyl (C=O) groups is 4. The van der Waals surface area contributed by atoms with Crippen molar-refractivity contribution in [3.63, 3.8) is 0 Å². The van der Waals surface area contributed by atoms with Crippen LogP contribution >= 0.6 is 0 Å². The number of unbranched alkanes of at least 4 members (excludes halogenated alkanes) is 31. The van der Waals surface area contributed by atoms with Crippen molar-refractivity contribution in [2.24, 2.45) is 0 Å². The van der Waals surface area contributed by atoms with Crippen LogP contribution in [0.25, 0.3) is 0 Å². The van der Waals surface area contributed by atoms with Gasteiger partial charge in [0.05, 0.1) is 13.2 Å². The van der Waals surface area contributed by atoms with Gasteiger partial charge in [0.1, 0.15) is 12.1 Å². The summed E-state index contributed by atoms with van der Waals surface area (Å²) in [7, 11) is 0. The van der Waals surface area contributed by atoms with Crippen LogP contribution in [0, 0.1) is 0 Å². The molecule has 0 radical (unpaired) electrons. The molecule has 0 aliphatic carbocycles. The van der Waals surface area contributed by atoms with Crippen LogP contribution < -0.4 is 10.6 Å². The van der Waals surface area contributed by atoms with E-state index in [2.05, 4.69) is 24.5 Å². The Morgan fingerprint density at radius 3 is 1.14 bits per heavy atom. The number of hydrogen-bond acceptors (Lipinski definition) is 6. The molecule has 0 aliphatic rings. The van der Waals surface area contributed by atoms with Crippen molar-refractivity contribution in [2.75, 3.05) is 13.2 Å². The Kier molecular flexibility index (Phi) is 41.8. The summed E-state index contributed by atoms with van der Waals surface area (Å²) < 4.78 is 6.01. The number of aliphatic hydroxyl groups is 1. The van der Waals surface area contributed by atoms with E-state index < -0.39 is 24.5 Å². The van der Waals surface area contributed by atoms with E-state index in [1.807, 2.05) is 0 Å². The Balaban J connectivity index is 3.92. The van der Waals surface area contributed by atoms with E-state index in [1.54, 1.807) is 0 Å². The summed E-state index contributed by atoms with van der Waals surface area (Å²) in [6, 6.07) is -1.38. The van der Waals surface area contributed by atoms with Gasteiger partial charge in [0.2, 0.25) is 11.8 Å². The minimum atomic E-state index is -1.38. The van der Waals surface area contributed by atoms with Gasteiger partial charge in [-0.3, -0.25) is 14.4 Å². The quantitative estimate of drug-likeness (QED) is 0.0354. The molecule has 0 aromatic rings. The van der Waals surface area contributed by atoms with Crippen LogP contribution in [0.2, 0.25) is 0 Å². The predicted molar refractivity (Wildman–Crippen MR) is 236 cm³/mol. The SMILES string of the molecule is CCCCCCCCCCCCCCCCCCCCCCCCCC(=O)OC(CCCCCCCC)CCCCCCCC(=O)NCC(=O)NC(CO)C(=O)O. The second kappa shape index (κ2) is 43.4. The van der Waals surface area contributed by atoms with Crippen molar-refractivity contribution in [1.82, 2.24) is 10.6 Å². The van der Waals surface area contributed by atoms with Crippen LogP contribution in [-0.2, 0) is 23.9 Å². The number of aliphatic carboxylic acids is 1. The molecule has 0 aromatic carbocycles. The topological polar surface area (TPSA) is 142 Å². The highest BCUT2D eigenvalue weighted by Crippen LogP contribution is 2.19. The van der Waals surface area contributed by atoms with Crippen molar-refractivity contribution in [3.05, 3.63) is 0 Å². The number of carboxylic acid groups (broad SMARTS) is 1. The van der Waals surface area contributed by atoms with Crippen LogP contribution in [0.15, 0.2) is 0 Å². The smallest absolute Gasteiger partial charge is 0.328 e. The van der Waals surface area contributed by atoms with Gasteiger partial charge >= 0.3 is 11.9 Å². The predicted octanol–water partition coefficient (Wildman–Crippen LogP) is 12.4. The number of ether oxygens (including phenoxy) is 1. The van der Waals surface area contributed by atoms with Gasteiger partial charge in [-0.15, -0.1) is 0 Å². The zero-order valence-corrected chi connectivity index (χ0v) is 37.4. The van der Waals surface area contributed by atoms with E-state index in [4.69, 9.17) is 14.9 Å². The second-order valence-corrected chi connectivity index (χ2v) is 16.9. The van der Waals surface area contributed by atoms with Gasteiger partial charge < -0.3 is 25.6 Å². The molecular formula is C48H92N2O7. The average Bonchev–Trinajstić information content (AvgIpc) is 3.20. The molecule has 0 rings (SSSR count). The molecule has 57 heavy (non-hydrogen) atoms. The molecule has 2 atom stereocenters. The van der Waals surface area contributed by atoms with Crippen molar-refractivity contribution in [1.29, 1.82) is 0 Å². The van der Waals surface area contributed by atoms with Gasteiger partial charge in [-0.25, -0.2) is 4.79 Å². The number of carboxylic acids is 1. The third-order valence-electron chi connectivity index (χ3n) is 11.4. The number of esters is 1. The number of hydrogen-bond donors (Lipinski definition) is 4. The summed E-state index contributed by atoms with van der Waals surface area (Å²) in [6.45, 7) is 3.49. The first-order valence-corrected chi connectivity index (χ1v) is 24.4. The number of amides is 2. The van der Waals surface area contributed by atoms with Gasteiger partial charge in [-0.1, -0.05) is 206 Å². The largest absolute Gasteiger partial charge is 0.480 e. The van der Waals surface area contributed by atoms with E-state index in [9.17, 15) is 19.2 Å². The molecule has 2 unspecified atom stereocenters. The highest BCUT2D eigenvalue weighted by atomic mass is 16.5. The maximum atomic E-state index is 12.8. The first-order valence-electron chi connectivity index (χ1n) is 24.4. The lowest BCUT2D eigenvalue weighted by molar-refractivity contribution is -0.150. The minimum absolute atomic E-state index is 0.00306. The molecule has 336 valence electrons. The van der Waals surface area contributed by atoms with Gasteiger partial charge in [0.25, 0.3) is 0 Å². The maximum Gasteiger partial charge on any atom is 0.328 e. The van der Waals surface area contributed by atoms with E-state index in [1.165, 1.54) is 167 Å². The molecule has 0 spiro atoms. The highest BCUT2D eigenvalue weighted by Gasteiger charge is 2.19. The molecule has 0 bridgehead atoms. The highest BCUT2D eigenvalue weighted by molar-refractivity contribution is 5.87. The molecule has 4 N–H and O–H groups in total. The molecule has 2 amide bonds. The number of carbonyl (C=O) groups excluding carboxylic acids is 3. The third-order valence-corrected chi connectivity index (χ3v) is 11.4. The number of aliphatic hydroxyl groups excluding tert-OH is 1. The van der Waals surface area contributed by atoms with E-state index in [-0.39, 0.29) is 24.5 Å². The van der Waals surface area contributed by atoms with Gasteiger partial charge in [0, 0.05) is 12.8 Å². The van der Waals surface area contributed by atoms with Crippen molar-refractivity contribution >= 4 is 23.8 Å². The first-order chi connectivity index (χ1) is 27.8. The molecule has 0 saturated heterocycles. The lowest BCUT2D eigenvalue weighted by Gasteiger charge is -2.18.